The molecule has 0 fully saturated rings. The zero-order chi connectivity index (χ0) is 78.6. The summed E-state index contributed by atoms with van der Waals surface area (Å²) in [6, 6.07) is 122. The van der Waals surface area contributed by atoms with Crippen molar-refractivity contribution in [3.63, 3.8) is 0 Å². The molecule has 0 radical (unpaired) electrons. The van der Waals surface area contributed by atoms with Crippen molar-refractivity contribution < 1.29 is 42.1 Å². The Morgan fingerprint density at radius 2 is 0.754 bits per heavy atom. The smallest absolute Gasteiger partial charge is 0.300 e. The molecule has 11 nitrogen and oxygen atoms in total. The molecular formula is C104H67Cl3N2O9. The fourth-order valence-electron chi connectivity index (χ4n) is 17.9. The first-order valence-electron chi connectivity index (χ1n) is 38.5. The molecule has 2 N–H and O–H groups in total. The summed E-state index contributed by atoms with van der Waals surface area (Å²) in [5.74, 6) is 1.96. The third-order valence-corrected chi connectivity index (χ3v) is 23.4. The Bertz CT molecular complexity index is 7370. The average Bonchev–Trinajstić information content (AvgIpc) is 1.54. The van der Waals surface area contributed by atoms with Crippen LogP contribution >= 0.6 is 35.6 Å². The van der Waals surface area contributed by atoms with Gasteiger partial charge in [-0.15, -0.1) is 12.4 Å². The fourth-order valence-corrected chi connectivity index (χ4v) is 18.4. The molecule has 20 aromatic rings. The lowest BCUT2D eigenvalue weighted by atomic mass is 9.66. The molecule has 0 saturated carbocycles. The highest BCUT2D eigenvalue weighted by atomic mass is 35.5. The number of fused-ring (bicyclic) bond motifs is 19. The summed E-state index contributed by atoms with van der Waals surface area (Å²) in [6.07, 6.45) is 3.46. The van der Waals surface area contributed by atoms with Gasteiger partial charge < -0.3 is 47.2 Å². The van der Waals surface area contributed by atoms with Crippen molar-refractivity contribution in [3.05, 3.63) is 419 Å². The quantitative estimate of drug-likeness (QED) is 0.135. The predicted octanol–water partition coefficient (Wildman–Crippen LogP) is 29.3. The maximum Gasteiger partial charge on any atom is 0.300 e. The minimum atomic E-state index is -1.62. The van der Waals surface area contributed by atoms with Crippen molar-refractivity contribution in [1.82, 2.24) is 0 Å². The third-order valence-electron chi connectivity index (χ3n) is 22.7. The number of aliphatic hydroxyl groups is 1. The third kappa shape index (κ3) is 11.9. The summed E-state index contributed by atoms with van der Waals surface area (Å²) in [5, 5.41) is 28.6. The molecule has 118 heavy (non-hydrogen) atoms. The normalized spacial score (nSPS) is 14.5. The number of hydrogen-bond donors (Lipinski definition) is 2. The molecule has 568 valence electrons. The first-order valence-corrected chi connectivity index (χ1v) is 39.3. The van der Waals surface area contributed by atoms with Crippen molar-refractivity contribution in [2.24, 2.45) is 0 Å². The summed E-state index contributed by atoms with van der Waals surface area (Å²) in [7, 11) is 0. The molecule has 23 rings (SSSR count). The second-order valence-electron chi connectivity index (χ2n) is 29.4. The molecule has 0 bridgehead atoms. The topological polar surface area (TPSA) is 135 Å². The van der Waals surface area contributed by atoms with Crippen molar-refractivity contribution in [2.75, 3.05) is 9.80 Å². The number of nitrogens with zero attached hydrogens (tertiary/aromatic N) is 2. The van der Waals surface area contributed by atoms with E-state index in [1.165, 1.54) is 5.56 Å². The molecule has 3 aliphatic rings. The molecule has 1 aliphatic carbocycles. The SMILES string of the molecule is CC(=O)O.Cl.Clc1cccc2c1-c1ccccc1C21c2ccccc2Oc2ccc(N(c3ccccc3)c3cc(-c4ccc5occc5c4)c4c(c3)oc3ccccc34)cc21.OC1(c2ccccc2-c2ccccc2Cl)c2ccccc2Oc2ccc(N(c3ccccc3)c3cc(-c4ccc5occc5c4)c4c(c3)oc3ccccc34)cc21. The number of carboxylic acids is 1. The van der Waals surface area contributed by atoms with Crippen LogP contribution in [-0.2, 0) is 15.8 Å². The Kier molecular flexibility index (Phi) is 18.0. The highest BCUT2D eigenvalue weighted by Gasteiger charge is 2.52. The first kappa shape index (κ1) is 72.6. The van der Waals surface area contributed by atoms with Crippen LogP contribution in [0.2, 0.25) is 10.0 Å². The van der Waals surface area contributed by atoms with Gasteiger partial charge in [-0.1, -0.05) is 223 Å². The fraction of sp³-hybridized carbons (Fsp3) is 0.0288. The van der Waals surface area contributed by atoms with Crippen molar-refractivity contribution in [2.45, 2.75) is 17.9 Å². The molecule has 2 atom stereocenters. The number of ether oxygens (including phenoxy) is 2. The first-order chi connectivity index (χ1) is 57.4. The summed E-state index contributed by atoms with van der Waals surface area (Å²) >= 11 is 13.9. The van der Waals surface area contributed by atoms with Gasteiger partial charge in [-0.3, -0.25) is 4.79 Å². The van der Waals surface area contributed by atoms with Crippen LogP contribution in [0.5, 0.6) is 23.0 Å². The summed E-state index contributed by atoms with van der Waals surface area (Å²) in [6.45, 7) is 1.08. The molecule has 1 spiro atoms. The van der Waals surface area contributed by atoms with E-state index >= 15 is 0 Å². The van der Waals surface area contributed by atoms with E-state index in [1.807, 2.05) is 176 Å². The Balaban J connectivity index is 0.000000144. The van der Waals surface area contributed by atoms with Crippen LogP contribution in [0.4, 0.5) is 34.1 Å². The lowest BCUT2D eigenvalue weighted by Crippen LogP contribution is -2.33. The summed E-state index contributed by atoms with van der Waals surface area (Å²) < 4.78 is 38.1. The van der Waals surface area contributed by atoms with Gasteiger partial charge in [0.1, 0.15) is 62.1 Å². The minimum Gasteiger partial charge on any atom is -0.481 e. The van der Waals surface area contributed by atoms with E-state index in [9.17, 15) is 5.11 Å². The Labute approximate surface area is 693 Å². The van der Waals surface area contributed by atoms with Gasteiger partial charge in [0.2, 0.25) is 0 Å². The maximum absolute atomic E-state index is 13.5. The molecular weight excluding hydrogens is 1530 g/mol. The van der Waals surface area contributed by atoms with Crippen LogP contribution in [0, 0.1) is 0 Å². The highest BCUT2D eigenvalue weighted by Crippen LogP contribution is 2.64. The molecule has 14 heteroatoms. The van der Waals surface area contributed by atoms with E-state index in [2.05, 4.69) is 192 Å². The monoisotopic (exact) mass is 1590 g/mol. The molecule has 6 heterocycles. The van der Waals surface area contributed by atoms with E-state index in [1.54, 1.807) is 12.5 Å². The number of aliphatic carboxylic acids is 1. The standard InChI is InChI=1S/C51H32ClNO4.C51H30ClNO3.C2H4O2.ClH/c52-44-19-9-5-15-38(44)37-14-4-7-17-41(37)51(54)42-18-8-11-21-47(42)57-48-25-23-35(30-43(48)51)53(34-12-2-1-3-13-34)36-29-40(32-22-24-45-33(28-32)26-27-55-45)50-39-16-6-10-20-46(39)56-49(50)31-36;52-43-18-10-17-41-50(43)36-13-4-6-15-39(36)51(41)40-16-7-9-20-46(40)56-47-24-22-34(29-42(47)51)53(33-11-2-1-3-12-33)35-28-38(31-21-23-44-32(27-31)25-26-54-44)49-37-14-5-8-19-45(37)55-48(49)30-35;1-2(3)4;/h1-31,54H;1-30H;1H3,(H,3,4);1H. The predicted molar refractivity (Wildman–Crippen MR) is 476 cm³/mol. The number of rotatable bonds is 10. The van der Waals surface area contributed by atoms with Gasteiger partial charge in [0.15, 0.2) is 0 Å². The second kappa shape index (κ2) is 29.2. The molecule has 2 aliphatic heterocycles. The summed E-state index contributed by atoms with van der Waals surface area (Å²) in [5.41, 5.74) is 22.7. The van der Waals surface area contributed by atoms with E-state index in [0.717, 1.165) is 185 Å². The molecule has 16 aromatic carbocycles. The minimum absolute atomic E-state index is 0. The van der Waals surface area contributed by atoms with Crippen LogP contribution in [-0.4, -0.2) is 16.2 Å². The van der Waals surface area contributed by atoms with Crippen LogP contribution in [0.1, 0.15) is 45.9 Å². The number of carboxylic acid groups (broad SMARTS) is 1. The summed E-state index contributed by atoms with van der Waals surface area (Å²) in [4.78, 5) is 13.5. The van der Waals surface area contributed by atoms with Crippen LogP contribution in [0.15, 0.2) is 388 Å². The van der Waals surface area contributed by atoms with E-state index in [-0.39, 0.29) is 12.4 Å². The van der Waals surface area contributed by atoms with E-state index in [0.29, 0.717) is 33.2 Å². The lowest BCUT2D eigenvalue weighted by molar-refractivity contribution is -0.134. The van der Waals surface area contributed by atoms with Gasteiger partial charge in [-0.05, 0) is 190 Å². The Morgan fingerprint density at radius 3 is 1.32 bits per heavy atom. The zero-order valence-electron chi connectivity index (χ0n) is 63.0. The Morgan fingerprint density at radius 1 is 0.322 bits per heavy atom. The van der Waals surface area contributed by atoms with Gasteiger partial charge in [0.05, 0.1) is 29.3 Å². The van der Waals surface area contributed by atoms with E-state index < -0.39 is 17.0 Å². The van der Waals surface area contributed by atoms with Crippen LogP contribution in [0.3, 0.4) is 0 Å². The maximum atomic E-state index is 13.5. The highest BCUT2D eigenvalue weighted by molar-refractivity contribution is 6.34. The molecule has 0 amide bonds. The van der Waals surface area contributed by atoms with Crippen molar-refractivity contribution >= 4 is 142 Å². The number of anilines is 6. The molecule has 0 saturated heterocycles. The van der Waals surface area contributed by atoms with Gasteiger partial charge in [-0.25, -0.2) is 0 Å². The van der Waals surface area contributed by atoms with E-state index in [4.69, 9.17) is 60.2 Å². The van der Waals surface area contributed by atoms with Gasteiger partial charge in [0, 0.05) is 123 Å². The second-order valence-corrected chi connectivity index (χ2v) is 30.2. The van der Waals surface area contributed by atoms with Crippen molar-refractivity contribution in [1.29, 1.82) is 0 Å². The largest absolute Gasteiger partial charge is 0.481 e. The number of furan rings is 4. The van der Waals surface area contributed by atoms with Gasteiger partial charge >= 0.3 is 0 Å². The molecule has 2 unspecified atom stereocenters. The number of carbonyl (C=O) groups is 1. The van der Waals surface area contributed by atoms with Gasteiger partial charge in [0.25, 0.3) is 5.97 Å². The average molecular weight is 1600 g/mol. The van der Waals surface area contributed by atoms with Crippen LogP contribution in [0.25, 0.3) is 110 Å². The lowest BCUT2D eigenvalue weighted by Gasteiger charge is -2.40. The van der Waals surface area contributed by atoms with Crippen LogP contribution < -0.4 is 19.3 Å². The Hall–Kier alpha value is -14.3. The zero-order valence-corrected chi connectivity index (χ0v) is 65.4. The number of para-hydroxylation sites is 6. The van der Waals surface area contributed by atoms with Gasteiger partial charge in [-0.2, -0.15) is 0 Å². The number of hydrogen-bond acceptors (Lipinski definition) is 10. The molecule has 4 aromatic heterocycles. The number of halogens is 3. The number of benzene rings is 16. The van der Waals surface area contributed by atoms with Crippen molar-refractivity contribution in [3.8, 4) is 67.5 Å².